The van der Waals surface area contributed by atoms with Crippen LogP contribution in [-0.4, -0.2) is 49.6 Å². The summed E-state index contributed by atoms with van der Waals surface area (Å²) in [5.41, 5.74) is 7.20. The predicted molar refractivity (Wildman–Crippen MR) is 169 cm³/mol. The molecule has 2 aliphatic heterocycles. The van der Waals surface area contributed by atoms with Gasteiger partial charge in [-0.1, -0.05) is 27.7 Å². The Labute approximate surface area is 256 Å². The Balaban J connectivity index is 1.91. The standard InChI is InChI=1S/C34H42N4O6/c1-8-20-17(3)26(37-32(20)43)14-24-18(4)21(10-12-30(39)40)27(35-24)16-28-22(11-13-31(41)42)19(5)25(36-28)15-29-23(9-2)34(6,7)33(44)38-29/h14-16,23,35-36H,8-13H2,1-7H3,(H,38,44)(H,39,40)(H,41,42)/b24-14-,27-16-,29-15-. The van der Waals surface area contributed by atoms with Crippen LogP contribution < -0.4 is 16.0 Å². The molecular weight excluding hydrogens is 560 g/mol. The van der Waals surface area contributed by atoms with Gasteiger partial charge in [0.15, 0.2) is 0 Å². The summed E-state index contributed by atoms with van der Waals surface area (Å²) in [5, 5.41) is 23.4. The summed E-state index contributed by atoms with van der Waals surface area (Å²) >= 11 is 0. The minimum absolute atomic E-state index is 0.00971. The first-order valence-corrected chi connectivity index (χ1v) is 15.1. The topological polar surface area (TPSA) is 165 Å². The molecule has 5 N–H and O–H groups in total. The van der Waals surface area contributed by atoms with Gasteiger partial charge < -0.3 is 25.5 Å². The van der Waals surface area contributed by atoms with Crippen molar-refractivity contribution in [2.45, 2.75) is 87.0 Å². The van der Waals surface area contributed by atoms with Gasteiger partial charge in [-0.3, -0.25) is 19.2 Å². The van der Waals surface area contributed by atoms with E-state index < -0.39 is 17.4 Å². The van der Waals surface area contributed by atoms with E-state index in [2.05, 4.69) is 20.3 Å². The second kappa shape index (κ2) is 12.6. The Morgan fingerprint density at radius 3 is 2.07 bits per heavy atom. The normalized spacial score (nSPS) is 19.8. The van der Waals surface area contributed by atoms with Crippen LogP contribution in [0.1, 0.15) is 93.9 Å². The number of aromatic amines is 2. The highest BCUT2D eigenvalue weighted by Crippen LogP contribution is 2.40. The lowest BCUT2D eigenvalue weighted by atomic mass is 9.78. The van der Waals surface area contributed by atoms with E-state index in [9.17, 15) is 29.4 Å². The highest BCUT2D eigenvalue weighted by Gasteiger charge is 2.44. The number of nitrogens with zero attached hydrogens (tertiary/aromatic N) is 1. The zero-order chi connectivity index (χ0) is 32.5. The number of aromatic nitrogens is 2. The maximum absolute atomic E-state index is 12.7. The van der Waals surface area contributed by atoms with Crippen LogP contribution in [0, 0.1) is 25.2 Å². The Kier molecular flexibility index (Phi) is 9.32. The molecule has 0 bridgehead atoms. The molecule has 1 unspecified atom stereocenters. The molecule has 4 rings (SSSR count). The number of carboxylic acid groups (broad SMARTS) is 2. The van der Waals surface area contributed by atoms with Crippen LogP contribution in [0.3, 0.4) is 0 Å². The Morgan fingerprint density at radius 2 is 1.50 bits per heavy atom. The zero-order valence-corrected chi connectivity index (χ0v) is 26.5. The van der Waals surface area contributed by atoms with Gasteiger partial charge in [0.1, 0.15) is 0 Å². The van der Waals surface area contributed by atoms with Crippen molar-refractivity contribution in [3.63, 3.8) is 0 Å². The number of aliphatic imine (C=N–C) groups is 1. The summed E-state index contributed by atoms with van der Waals surface area (Å²) in [4.78, 5) is 59.3. The molecule has 0 aliphatic carbocycles. The third-order valence-corrected chi connectivity index (χ3v) is 9.12. The fourth-order valence-corrected chi connectivity index (χ4v) is 6.36. The van der Waals surface area contributed by atoms with E-state index in [1.54, 1.807) is 0 Å². The number of carbonyl (C=O) groups excluding carboxylic acids is 2. The first kappa shape index (κ1) is 32.4. The van der Waals surface area contributed by atoms with Crippen LogP contribution in [0.2, 0.25) is 0 Å². The van der Waals surface area contributed by atoms with Crippen molar-refractivity contribution in [3.05, 3.63) is 61.2 Å². The lowest BCUT2D eigenvalue weighted by Gasteiger charge is -2.22. The number of nitrogens with one attached hydrogen (secondary N) is 3. The lowest BCUT2D eigenvalue weighted by molar-refractivity contribution is -0.138. The Morgan fingerprint density at radius 1 is 0.864 bits per heavy atom. The molecule has 10 nitrogen and oxygen atoms in total. The maximum Gasteiger partial charge on any atom is 0.303 e. The fraction of sp³-hybridized carbons (Fsp3) is 0.441. The van der Waals surface area contributed by atoms with Crippen molar-refractivity contribution in [1.82, 2.24) is 15.3 Å². The summed E-state index contributed by atoms with van der Waals surface area (Å²) in [6.07, 6.45) is 7.45. The number of H-pyrrole nitrogens is 2. The average molecular weight is 603 g/mol. The van der Waals surface area contributed by atoms with Gasteiger partial charge in [0.05, 0.1) is 11.1 Å². The molecule has 2 aromatic heterocycles. The summed E-state index contributed by atoms with van der Waals surface area (Å²) < 4.78 is 0. The van der Waals surface area contributed by atoms with Gasteiger partial charge in [0, 0.05) is 52.1 Å². The van der Waals surface area contributed by atoms with E-state index in [0.717, 1.165) is 51.0 Å². The second-order valence-electron chi connectivity index (χ2n) is 12.2. The fourth-order valence-electron chi connectivity index (χ4n) is 6.36. The highest BCUT2D eigenvalue weighted by molar-refractivity contribution is 6.30. The van der Waals surface area contributed by atoms with Crippen LogP contribution in [0.15, 0.2) is 21.8 Å². The van der Waals surface area contributed by atoms with Crippen molar-refractivity contribution >= 4 is 47.7 Å². The molecule has 10 heteroatoms. The number of amides is 2. The van der Waals surface area contributed by atoms with Gasteiger partial charge in [-0.05, 0) is 92.5 Å². The summed E-state index contributed by atoms with van der Waals surface area (Å²) in [7, 11) is 0. The number of rotatable bonds is 11. The van der Waals surface area contributed by atoms with Gasteiger partial charge in [0.25, 0.3) is 5.91 Å². The number of carbonyl (C=O) groups is 4. The quantitative estimate of drug-likeness (QED) is 0.262. The van der Waals surface area contributed by atoms with Gasteiger partial charge in [-0.25, -0.2) is 4.99 Å². The van der Waals surface area contributed by atoms with Crippen LogP contribution in [-0.2, 0) is 32.0 Å². The molecule has 1 fully saturated rings. The van der Waals surface area contributed by atoms with E-state index in [-0.39, 0.29) is 43.4 Å². The minimum atomic E-state index is -0.919. The number of allylic oxidation sites excluding steroid dienone is 2. The second-order valence-corrected chi connectivity index (χ2v) is 12.2. The zero-order valence-electron chi connectivity index (χ0n) is 26.5. The van der Waals surface area contributed by atoms with E-state index in [0.29, 0.717) is 28.7 Å². The van der Waals surface area contributed by atoms with Gasteiger partial charge >= 0.3 is 11.9 Å². The van der Waals surface area contributed by atoms with E-state index in [1.165, 1.54) is 0 Å². The first-order chi connectivity index (χ1) is 20.7. The van der Waals surface area contributed by atoms with E-state index >= 15 is 0 Å². The van der Waals surface area contributed by atoms with Gasteiger partial charge in [-0.15, -0.1) is 0 Å². The lowest BCUT2D eigenvalue weighted by Crippen LogP contribution is -2.28. The van der Waals surface area contributed by atoms with Crippen molar-refractivity contribution in [2.75, 3.05) is 0 Å². The maximum atomic E-state index is 12.7. The summed E-state index contributed by atoms with van der Waals surface area (Å²) in [5.74, 6) is -2.09. The van der Waals surface area contributed by atoms with Crippen LogP contribution in [0.5, 0.6) is 0 Å². The highest BCUT2D eigenvalue weighted by atomic mass is 16.4. The number of carboxylic acids is 2. The molecule has 234 valence electrons. The largest absolute Gasteiger partial charge is 0.481 e. The molecular formula is C34H42N4O6. The Hall–Kier alpha value is -4.47. The molecule has 1 atom stereocenters. The molecule has 0 spiro atoms. The van der Waals surface area contributed by atoms with Crippen molar-refractivity contribution in [2.24, 2.45) is 16.3 Å². The summed E-state index contributed by atoms with van der Waals surface area (Å²) in [6, 6.07) is 0. The third-order valence-electron chi connectivity index (χ3n) is 9.12. The van der Waals surface area contributed by atoms with Gasteiger partial charge in [-0.2, -0.15) is 0 Å². The average Bonchev–Trinajstić information content (AvgIpc) is 3.57. The monoisotopic (exact) mass is 602 g/mol. The Bertz CT molecular complexity index is 1760. The minimum Gasteiger partial charge on any atom is -0.481 e. The number of hydrogen-bond acceptors (Lipinski definition) is 4. The molecule has 0 radical (unpaired) electrons. The van der Waals surface area contributed by atoms with Crippen LogP contribution >= 0.6 is 0 Å². The molecule has 2 aromatic rings. The SMILES string of the molecule is CCC1=C(C)C(/C=c2\[nH]/c(=C\c3[nH]c(/C=C4\NC(=O)C(C)(C)C4CC)c(C)c3CCC(=O)O)c(CCC(=O)O)c2C)=NC1=O. The van der Waals surface area contributed by atoms with Crippen molar-refractivity contribution in [1.29, 1.82) is 0 Å². The summed E-state index contributed by atoms with van der Waals surface area (Å²) in [6.45, 7) is 13.5. The van der Waals surface area contributed by atoms with Crippen LogP contribution in [0.4, 0.5) is 0 Å². The van der Waals surface area contributed by atoms with Crippen molar-refractivity contribution < 1.29 is 29.4 Å². The number of aliphatic carboxylic acids is 2. The van der Waals surface area contributed by atoms with Gasteiger partial charge in [0.2, 0.25) is 5.91 Å². The molecule has 4 heterocycles. The van der Waals surface area contributed by atoms with Crippen LogP contribution in [0.25, 0.3) is 18.2 Å². The molecule has 0 aromatic carbocycles. The molecule has 2 aliphatic rings. The smallest absolute Gasteiger partial charge is 0.303 e. The van der Waals surface area contributed by atoms with Crippen molar-refractivity contribution in [3.8, 4) is 0 Å². The first-order valence-electron chi connectivity index (χ1n) is 15.1. The number of hydrogen-bond donors (Lipinski definition) is 5. The molecule has 44 heavy (non-hydrogen) atoms. The van der Waals surface area contributed by atoms with E-state index in [4.69, 9.17) is 0 Å². The molecule has 2 amide bonds. The third kappa shape index (κ3) is 6.25. The predicted octanol–water partition coefficient (Wildman–Crippen LogP) is 3.83. The molecule has 1 saturated heterocycles. The van der Waals surface area contributed by atoms with E-state index in [1.807, 2.05) is 66.7 Å². The molecule has 0 saturated carbocycles.